The van der Waals surface area contributed by atoms with Gasteiger partial charge in [-0.2, -0.15) is 0 Å². The van der Waals surface area contributed by atoms with Gasteiger partial charge >= 0.3 is 0 Å². The molecule has 8 nitrogen and oxygen atoms in total. The highest BCUT2D eigenvalue weighted by molar-refractivity contribution is 6.32. The van der Waals surface area contributed by atoms with E-state index in [9.17, 15) is 19.5 Å². The third-order valence-corrected chi connectivity index (χ3v) is 11.6. The number of imide groups is 2. The van der Waals surface area contributed by atoms with Crippen LogP contribution >= 0.6 is 11.6 Å². The molecule has 1 N–H and O–H groups in total. The lowest BCUT2D eigenvalue weighted by molar-refractivity contribution is -0.127. The third kappa shape index (κ3) is 5.06. The van der Waals surface area contributed by atoms with Crippen molar-refractivity contribution in [3.8, 4) is 5.75 Å². The number of anilines is 2. The zero-order valence-corrected chi connectivity index (χ0v) is 28.8. The normalized spacial score (nSPS) is 26.9. The molecular formula is C42H37ClN2O6. The van der Waals surface area contributed by atoms with E-state index in [0.717, 1.165) is 23.1 Å². The molecule has 3 fully saturated rings. The van der Waals surface area contributed by atoms with E-state index in [1.165, 1.54) is 9.80 Å². The number of fused-ring (bicyclic) bond motifs is 4. The van der Waals surface area contributed by atoms with Gasteiger partial charge in [0.25, 0.3) is 0 Å². The molecule has 2 aliphatic carbocycles. The average molecular weight is 701 g/mol. The fourth-order valence-corrected chi connectivity index (χ4v) is 9.36. The number of hydrogen-bond donors (Lipinski definition) is 1. The number of amides is 4. The van der Waals surface area contributed by atoms with Crippen LogP contribution in [0.3, 0.4) is 0 Å². The van der Waals surface area contributed by atoms with Gasteiger partial charge in [0.2, 0.25) is 23.6 Å². The molecule has 258 valence electrons. The molecular weight excluding hydrogens is 664 g/mol. The Labute approximate surface area is 301 Å². The Kier molecular flexibility index (Phi) is 8.39. The Bertz CT molecular complexity index is 2060. The zero-order valence-electron chi connectivity index (χ0n) is 28.1. The summed E-state index contributed by atoms with van der Waals surface area (Å²) >= 11 is 6.41. The van der Waals surface area contributed by atoms with Crippen LogP contribution in [0, 0.1) is 23.7 Å². The summed E-state index contributed by atoms with van der Waals surface area (Å²) in [4.78, 5) is 61.4. The summed E-state index contributed by atoms with van der Waals surface area (Å²) < 4.78 is 5.68. The van der Waals surface area contributed by atoms with Crippen molar-refractivity contribution in [2.45, 2.75) is 37.5 Å². The molecule has 9 heteroatoms. The van der Waals surface area contributed by atoms with E-state index in [1.54, 1.807) is 36.4 Å². The predicted octanol–water partition coefficient (Wildman–Crippen LogP) is 6.64. The van der Waals surface area contributed by atoms with Crippen LogP contribution in [0.4, 0.5) is 11.4 Å². The summed E-state index contributed by atoms with van der Waals surface area (Å²) in [7, 11) is 0. The maximum atomic E-state index is 15.3. The second kappa shape index (κ2) is 12.9. The van der Waals surface area contributed by atoms with Gasteiger partial charge in [0.1, 0.15) is 12.4 Å². The molecule has 51 heavy (non-hydrogen) atoms. The minimum atomic E-state index is -1.36. The SMILES string of the molecule is CCc1ccc(N2C(=O)[C@H]3[C@H](CC=C4[C@H]3C[C@H]3C(=O)N(c5cccc(Cl)c5)C(=O)[C@@]3(c3ccccc3)[C@H]4c3ccc(OCCO)cc3)C2=O)cc1. The highest BCUT2D eigenvalue weighted by Crippen LogP contribution is 2.64. The number of allylic oxidation sites excluding steroid dienone is 2. The highest BCUT2D eigenvalue weighted by Gasteiger charge is 2.70. The molecule has 4 aromatic carbocycles. The monoisotopic (exact) mass is 700 g/mol. The number of aryl methyl sites for hydroxylation is 1. The van der Waals surface area contributed by atoms with Crippen LogP contribution in [0.1, 0.15) is 42.4 Å². The molecule has 2 heterocycles. The first-order valence-electron chi connectivity index (χ1n) is 17.5. The molecule has 0 radical (unpaired) electrons. The molecule has 8 rings (SSSR count). The molecule has 4 aromatic rings. The van der Waals surface area contributed by atoms with Crippen LogP contribution in [0.5, 0.6) is 5.75 Å². The van der Waals surface area contributed by atoms with Gasteiger partial charge in [0, 0.05) is 10.9 Å². The lowest BCUT2D eigenvalue weighted by Crippen LogP contribution is -2.53. The number of ether oxygens (including phenoxy) is 1. The number of carbonyl (C=O) groups is 4. The summed E-state index contributed by atoms with van der Waals surface area (Å²) in [5, 5.41) is 9.72. The van der Waals surface area contributed by atoms with Gasteiger partial charge in [-0.05, 0) is 84.3 Å². The van der Waals surface area contributed by atoms with Crippen LogP contribution in [0.25, 0.3) is 0 Å². The minimum absolute atomic E-state index is 0.129. The van der Waals surface area contributed by atoms with Gasteiger partial charge in [-0.25, -0.2) is 4.90 Å². The summed E-state index contributed by atoms with van der Waals surface area (Å²) in [6.07, 6.45) is 3.46. The number of aliphatic hydroxyl groups is 1. The number of nitrogens with zero attached hydrogens (tertiary/aromatic N) is 2. The predicted molar refractivity (Wildman–Crippen MR) is 193 cm³/mol. The molecule has 0 aromatic heterocycles. The van der Waals surface area contributed by atoms with Gasteiger partial charge in [-0.15, -0.1) is 0 Å². The van der Waals surface area contributed by atoms with Crippen LogP contribution < -0.4 is 14.5 Å². The molecule has 2 saturated heterocycles. The van der Waals surface area contributed by atoms with Crippen molar-refractivity contribution in [1.82, 2.24) is 0 Å². The Balaban J connectivity index is 1.31. The Morgan fingerprint density at radius 2 is 1.55 bits per heavy atom. The number of rotatable bonds is 8. The molecule has 4 aliphatic rings. The van der Waals surface area contributed by atoms with Crippen molar-refractivity contribution >= 4 is 46.6 Å². The standard InChI is InChI=1S/C42H37ClN2O6/c1-2-25-11-15-29(16-12-25)44-38(47)33-20-19-32-34(36(33)40(44)49)24-35-39(48)45(30-10-6-9-28(43)23-30)41(50)42(35,27-7-4-3-5-8-27)37(32)26-13-17-31(18-14-26)51-22-21-46/h3-19,23,33-37,46H,2,20-22,24H2,1H3/t33-,34+,35-,36-,37-,42+/m0/s1. The van der Waals surface area contributed by atoms with Crippen LogP contribution in [0.15, 0.2) is 115 Å². The highest BCUT2D eigenvalue weighted by atomic mass is 35.5. The third-order valence-electron chi connectivity index (χ3n) is 11.3. The summed E-state index contributed by atoms with van der Waals surface area (Å²) in [6.45, 7) is 2.05. The second-order valence-electron chi connectivity index (χ2n) is 13.8. The Hall–Kier alpha value is -5.05. The first-order chi connectivity index (χ1) is 24.8. The van der Waals surface area contributed by atoms with Gasteiger partial charge < -0.3 is 9.84 Å². The van der Waals surface area contributed by atoms with E-state index < -0.39 is 35.0 Å². The molecule has 2 aliphatic heterocycles. The molecule has 0 unspecified atom stereocenters. The van der Waals surface area contributed by atoms with Crippen molar-refractivity contribution in [1.29, 1.82) is 0 Å². The van der Waals surface area contributed by atoms with E-state index in [4.69, 9.17) is 16.3 Å². The van der Waals surface area contributed by atoms with E-state index in [1.807, 2.05) is 66.7 Å². The molecule has 0 spiro atoms. The molecule has 0 bridgehead atoms. The van der Waals surface area contributed by atoms with E-state index in [2.05, 4.69) is 13.0 Å². The van der Waals surface area contributed by atoms with Gasteiger partial charge in [-0.3, -0.25) is 24.1 Å². The van der Waals surface area contributed by atoms with E-state index >= 15 is 4.79 Å². The van der Waals surface area contributed by atoms with Crippen molar-refractivity contribution in [2.75, 3.05) is 23.0 Å². The topological polar surface area (TPSA) is 104 Å². The summed E-state index contributed by atoms with van der Waals surface area (Å²) in [5.41, 5.74) is 3.06. The summed E-state index contributed by atoms with van der Waals surface area (Å²) in [6, 6.07) is 31.1. The second-order valence-corrected chi connectivity index (χ2v) is 14.2. The lowest BCUT2D eigenvalue weighted by atomic mass is 9.49. The summed E-state index contributed by atoms with van der Waals surface area (Å²) in [5.74, 6) is -3.88. The van der Waals surface area contributed by atoms with E-state index in [-0.39, 0.29) is 43.3 Å². The number of halogens is 1. The van der Waals surface area contributed by atoms with Crippen molar-refractivity contribution < 1.29 is 29.0 Å². The largest absolute Gasteiger partial charge is 0.491 e. The minimum Gasteiger partial charge on any atom is -0.491 e. The van der Waals surface area contributed by atoms with Crippen LogP contribution in [0.2, 0.25) is 5.02 Å². The fraction of sp³-hybridized carbons (Fsp3) is 0.286. The maximum absolute atomic E-state index is 15.3. The van der Waals surface area contributed by atoms with E-state index in [0.29, 0.717) is 34.1 Å². The first-order valence-corrected chi connectivity index (χ1v) is 17.9. The maximum Gasteiger partial charge on any atom is 0.246 e. The van der Waals surface area contributed by atoms with Crippen molar-refractivity contribution in [3.63, 3.8) is 0 Å². The quantitative estimate of drug-likeness (QED) is 0.163. The number of carbonyl (C=O) groups excluding carboxylic acids is 4. The van der Waals surface area contributed by atoms with Crippen molar-refractivity contribution in [3.05, 3.63) is 136 Å². The number of benzene rings is 4. The van der Waals surface area contributed by atoms with Crippen LogP contribution in [-0.2, 0) is 31.0 Å². The van der Waals surface area contributed by atoms with Crippen LogP contribution in [-0.4, -0.2) is 41.9 Å². The van der Waals surface area contributed by atoms with Gasteiger partial charge in [0.05, 0.1) is 41.2 Å². The first kappa shape index (κ1) is 33.1. The smallest absolute Gasteiger partial charge is 0.246 e. The lowest BCUT2D eigenvalue weighted by Gasteiger charge is -2.50. The van der Waals surface area contributed by atoms with Crippen molar-refractivity contribution in [2.24, 2.45) is 23.7 Å². The molecule has 1 saturated carbocycles. The van der Waals surface area contributed by atoms with Gasteiger partial charge in [0.15, 0.2) is 0 Å². The average Bonchev–Trinajstić information content (AvgIpc) is 3.55. The molecule has 4 amide bonds. The molecule has 6 atom stereocenters. The number of aliphatic hydroxyl groups excluding tert-OH is 1. The van der Waals surface area contributed by atoms with Gasteiger partial charge in [-0.1, -0.05) is 90.8 Å². The zero-order chi connectivity index (χ0) is 35.4. The fourth-order valence-electron chi connectivity index (χ4n) is 9.17. The number of hydrogen-bond acceptors (Lipinski definition) is 6. The Morgan fingerprint density at radius 1 is 0.804 bits per heavy atom. The Morgan fingerprint density at radius 3 is 2.24 bits per heavy atom.